The Kier molecular flexibility index (Phi) is 7.44. The number of likely N-dealkylation sites (N-methyl/N-ethyl adjacent to an activating group) is 1. The lowest BCUT2D eigenvalue weighted by Gasteiger charge is -2.23. The molecule has 0 heterocycles. The van der Waals surface area contributed by atoms with Crippen molar-refractivity contribution in [2.75, 3.05) is 45.6 Å². The number of benzene rings is 1. The average molecular weight is 288 g/mol. The van der Waals surface area contributed by atoms with Crippen LogP contribution < -0.4 is 5.32 Å². The first-order chi connectivity index (χ1) is 10.1. The third-order valence-electron chi connectivity index (χ3n) is 3.09. The molecule has 5 nitrogen and oxygen atoms in total. The van der Waals surface area contributed by atoms with Gasteiger partial charge in [0, 0.05) is 13.1 Å². The maximum absolute atomic E-state index is 12.1. The fourth-order valence-electron chi connectivity index (χ4n) is 2.01. The van der Waals surface area contributed by atoms with Crippen LogP contribution in [-0.4, -0.2) is 56.0 Å². The average Bonchev–Trinajstić information content (AvgIpc) is 2.45. The van der Waals surface area contributed by atoms with Gasteiger partial charge >= 0.3 is 0 Å². The van der Waals surface area contributed by atoms with Crippen LogP contribution in [0.15, 0.2) is 24.3 Å². The summed E-state index contributed by atoms with van der Waals surface area (Å²) in [6, 6.07) is 9.13. The quantitative estimate of drug-likeness (QED) is 0.792. The van der Waals surface area contributed by atoms with Gasteiger partial charge in [-0.25, -0.2) is 0 Å². The number of hydrogen-bond acceptors (Lipinski definition) is 4. The maximum Gasteiger partial charge on any atom is 0.238 e. The maximum atomic E-state index is 12.1. The van der Waals surface area contributed by atoms with Crippen LogP contribution in [0.4, 0.5) is 5.69 Å². The van der Waals surface area contributed by atoms with E-state index in [1.807, 2.05) is 20.2 Å². The smallest absolute Gasteiger partial charge is 0.238 e. The van der Waals surface area contributed by atoms with Gasteiger partial charge in [-0.05, 0) is 39.2 Å². The molecule has 1 amide bonds. The van der Waals surface area contributed by atoms with Crippen molar-refractivity contribution in [3.8, 4) is 6.07 Å². The third-order valence-corrected chi connectivity index (χ3v) is 3.09. The molecule has 0 spiro atoms. The summed E-state index contributed by atoms with van der Waals surface area (Å²) >= 11 is 0. The summed E-state index contributed by atoms with van der Waals surface area (Å²) in [5.74, 6) is -0.0788. The number of carbonyl (C=O) groups is 1. The topological polar surface area (TPSA) is 59.4 Å². The molecule has 5 heteroatoms. The lowest BCUT2D eigenvalue weighted by molar-refractivity contribution is -0.117. The standard InChI is InChI=1S/C16H24N4O/c1-4-9-20(11-10-19(2)3)13-16(21)18-15-8-6-5-7-14(15)12-17/h5-8H,4,9-11,13H2,1-3H3,(H,18,21). The first-order valence-corrected chi connectivity index (χ1v) is 7.23. The number of nitriles is 1. The molecule has 0 aromatic heterocycles. The van der Waals surface area contributed by atoms with Crippen molar-refractivity contribution in [1.29, 1.82) is 5.26 Å². The highest BCUT2D eigenvalue weighted by molar-refractivity contribution is 5.93. The number of anilines is 1. The molecule has 0 saturated carbocycles. The molecule has 1 rings (SSSR count). The van der Waals surface area contributed by atoms with E-state index in [4.69, 9.17) is 5.26 Å². The normalized spacial score (nSPS) is 10.7. The van der Waals surface area contributed by atoms with E-state index >= 15 is 0 Å². The van der Waals surface area contributed by atoms with Crippen LogP contribution in [0.25, 0.3) is 0 Å². The molecule has 0 fully saturated rings. The molecule has 0 aliphatic heterocycles. The predicted octanol–water partition coefficient (Wildman–Crippen LogP) is 1.77. The number of rotatable bonds is 8. The van der Waals surface area contributed by atoms with Crippen LogP contribution in [0.2, 0.25) is 0 Å². The van der Waals surface area contributed by atoms with E-state index in [0.29, 0.717) is 17.8 Å². The van der Waals surface area contributed by atoms with Crippen molar-refractivity contribution in [2.45, 2.75) is 13.3 Å². The highest BCUT2D eigenvalue weighted by atomic mass is 16.2. The number of carbonyl (C=O) groups excluding carboxylic acids is 1. The Morgan fingerprint density at radius 1 is 1.24 bits per heavy atom. The molecule has 21 heavy (non-hydrogen) atoms. The summed E-state index contributed by atoms with van der Waals surface area (Å²) in [4.78, 5) is 16.4. The van der Waals surface area contributed by atoms with Gasteiger partial charge in [0.2, 0.25) is 5.91 Å². The number of nitrogens with one attached hydrogen (secondary N) is 1. The van der Waals surface area contributed by atoms with E-state index in [9.17, 15) is 4.79 Å². The summed E-state index contributed by atoms with van der Waals surface area (Å²) in [5.41, 5.74) is 1.07. The van der Waals surface area contributed by atoms with Crippen LogP contribution in [0.1, 0.15) is 18.9 Å². The van der Waals surface area contributed by atoms with E-state index in [1.54, 1.807) is 18.2 Å². The fourth-order valence-corrected chi connectivity index (χ4v) is 2.01. The van der Waals surface area contributed by atoms with E-state index in [0.717, 1.165) is 26.1 Å². The fraction of sp³-hybridized carbons (Fsp3) is 0.500. The van der Waals surface area contributed by atoms with Crippen LogP contribution in [0, 0.1) is 11.3 Å². The Balaban J connectivity index is 2.59. The molecule has 1 aromatic carbocycles. The van der Waals surface area contributed by atoms with Crippen molar-refractivity contribution in [1.82, 2.24) is 9.80 Å². The molecule has 0 radical (unpaired) electrons. The minimum atomic E-state index is -0.0788. The molecule has 0 saturated heterocycles. The van der Waals surface area contributed by atoms with E-state index < -0.39 is 0 Å². The molecule has 114 valence electrons. The first kappa shape index (κ1) is 17.2. The summed E-state index contributed by atoms with van der Waals surface area (Å²) < 4.78 is 0. The number of nitrogens with zero attached hydrogens (tertiary/aromatic N) is 3. The molecule has 0 bridgehead atoms. The highest BCUT2D eigenvalue weighted by Gasteiger charge is 2.11. The van der Waals surface area contributed by atoms with E-state index in [2.05, 4.69) is 28.1 Å². The lowest BCUT2D eigenvalue weighted by atomic mass is 10.2. The Labute approximate surface area is 127 Å². The monoisotopic (exact) mass is 288 g/mol. The minimum Gasteiger partial charge on any atom is -0.324 e. The molecule has 0 aliphatic rings. The molecule has 1 aromatic rings. The van der Waals surface area contributed by atoms with Crippen molar-refractivity contribution in [3.05, 3.63) is 29.8 Å². The van der Waals surface area contributed by atoms with Gasteiger partial charge in [0.25, 0.3) is 0 Å². The Bertz CT molecular complexity index is 493. The van der Waals surface area contributed by atoms with Gasteiger partial charge in [-0.1, -0.05) is 19.1 Å². The van der Waals surface area contributed by atoms with Gasteiger partial charge in [-0.15, -0.1) is 0 Å². The van der Waals surface area contributed by atoms with E-state index in [1.165, 1.54) is 0 Å². The zero-order chi connectivity index (χ0) is 15.7. The predicted molar refractivity (Wildman–Crippen MR) is 85.1 cm³/mol. The second-order valence-corrected chi connectivity index (χ2v) is 5.28. The Hall–Kier alpha value is -1.90. The highest BCUT2D eigenvalue weighted by Crippen LogP contribution is 2.13. The summed E-state index contributed by atoms with van der Waals surface area (Å²) in [7, 11) is 4.04. The van der Waals surface area contributed by atoms with Crippen LogP contribution >= 0.6 is 0 Å². The molecule has 0 atom stereocenters. The van der Waals surface area contributed by atoms with Gasteiger partial charge in [0.15, 0.2) is 0 Å². The summed E-state index contributed by atoms with van der Waals surface area (Å²) in [5, 5.41) is 11.8. The van der Waals surface area contributed by atoms with Crippen molar-refractivity contribution in [2.24, 2.45) is 0 Å². The summed E-state index contributed by atoms with van der Waals surface area (Å²) in [6.07, 6.45) is 1.01. The van der Waals surface area contributed by atoms with Crippen molar-refractivity contribution >= 4 is 11.6 Å². The second-order valence-electron chi connectivity index (χ2n) is 5.28. The zero-order valence-electron chi connectivity index (χ0n) is 13.1. The number of amides is 1. The number of para-hydroxylation sites is 1. The van der Waals surface area contributed by atoms with Crippen LogP contribution in [0.3, 0.4) is 0 Å². The van der Waals surface area contributed by atoms with Gasteiger partial charge in [0.05, 0.1) is 17.8 Å². The van der Waals surface area contributed by atoms with Gasteiger partial charge in [-0.3, -0.25) is 9.69 Å². The molecule has 0 aliphatic carbocycles. The Morgan fingerprint density at radius 2 is 1.95 bits per heavy atom. The van der Waals surface area contributed by atoms with Gasteiger partial charge in [0.1, 0.15) is 6.07 Å². The second kappa shape index (κ2) is 9.11. The molecular weight excluding hydrogens is 264 g/mol. The molecular formula is C16H24N4O. The number of hydrogen-bond donors (Lipinski definition) is 1. The molecule has 1 N–H and O–H groups in total. The zero-order valence-corrected chi connectivity index (χ0v) is 13.1. The first-order valence-electron chi connectivity index (χ1n) is 7.23. The van der Waals surface area contributed by atoms with Gasteiger partial charge < -0.3 is 10.2 Å². The van der Waals surface area contributed by atoms with Crippen molar-refractivity contribution in [3.63, 3.8) is 0 Å². The minimum absolute atomic E-state index is 0.0788. The van der Waals surface area contributed by atoms with Crippen LogP contribution in [-0.2, 0) is 4.79 Å². The third kappa shape index (κ3) is 6.39. The lowest BCUT2D eigenvalue weighted by Crippen LogP contribution is -2.38. The van der Waals surface area contributed by atoms with Gasteiger partial charge in [-0.2, -0.15) is 5.26 Å². The molecule has 0 unspecified atom stereocenters. The van der Waals surface area contributed by atoms with E-state index in [-0.39, 0.29) is 5.91 Å². The SMILES string of the molecule is CCCN(CCN(C)C)CC(=O)Nc1ccccc1C#N. The Morgan fingerprint density at radius 3 is 2.57 bits per heavy atom. The van der Waals surface area contributed by atoms with Crippen molar-refractivity contribution < 1.29 is 4.79 Å². The summed E-state index contributed by atoms with van der Waals surface area (Å²) in [6.45, 7) is 5.12. The van der Waals surface area contributed by atoms with Crippen LogP contribution in [0.5, 0.6) is 0 Å². The largest absolute Gasteiger partial charge is 0.324 e.